The number of piperazine rings is 2. The quantitative estimate of drug-likeness (QED) is 0.706. The van der Waals surface area contributed by atoms with Gasteiger partial charge in [0.2, 0.25) is 5.91 Å². The minimum atomic E-state index is -0.0790. The van der Waals surface area contributed by atoms with Crippen LogP contribution in [-0.2, 0) is 4.79 Å². The maximum absolute atomic E-state index is 12.8. The third-order valence-electron chi connectivity index (χ3n) is 5.21. The number of amides is 1. The summed E-state index contributed by atoms with van der Waals surface area (Å²) in [6.45, 7) is 4.16. The van der Waals surface area contributed by atoms with E-state index >= 15 is 0 Å². The first-order valence-corrected chi connectivity index (χ1v) is 8.82. The van der Waals surface area contributed by atoms with Gasteiger partial charge in [0.25, 0.3) is 0 Å². The van der Waals surface area contributed by atoms with Crippen LogP contribution in [0, 0.1) is 0 Å². The standard InChI is InChI=1S/C18H19N7O/c26-18-15-11-19-5-6-24(15)7-8-25(18)16-2-1-12(9-21-16)13-3-4-20-17-14(13)10-22-23-17/h1-4,9-10,15,19H,5-8,11H2,(H,20,22,23)/t15-/m1/s1. The molecule has 0 aliphatic carbocycles. The van der Waals surface area contributed by atoms with E-state index in [0.717, 1.165) is 41.8 Å². The fourth-order valence-electron chi connectivity index (χ4n) is 3.81. The Balaban J connectivity index is 1.43. The molecule has 0 bridgehead atoms. The van der Waals surface area contributed by atoms with Gasteiger partial charge in [-0.15, -0.1) is 0 Å². The van der Waals surface area contributed by atoms with Gasteiger partial charge in [0, 0.05) is 56.1 Å². The third kappa shape index (κ3) is 2.46. The molecule has 8 heteroatoms. The number of carbonyl (C=O) groups excluding carboxylic acids is 1. The molecule has 5 heterocycles. The Bertz CT molecular complexity index is 952. The van der Waals surface area contributed by atoms with Crippen LogP contribution in [0.2, 0.25) is 0 Å². The van der Waals surface area contributed by atoms with Gasteiger partial charge in [-0.25, -0.2) is 9.97 Å². The first-order chi connectivity index (χ1) is 12.8. The fraction of sp³-hybridized carbons (Fsp3) is 0.333. The molecule has 1 atom stereocenters. The summed E-state index contributed by atoms with van der Waals surface area (Å²) in [6.07, 6.45) is 5.34. The Morgan fingerprint density at radius 1 is 1.08 bits per heavy atom. The van der Waals surface area contributed by atoms with Gasteiger partial charge in [-0.1, -0.05) is 0 Å². The number of nitrogens with one attached hydrogen (secondary N) is 2. The number of fused-ring (bicyclic) bond motifs is 2. The second-order valence-electron chi connectivity index (χ2n) is 6.64. The lowest BCUT2D eigenvalue weighted by molar-refractivity contribution is -0.126. The van der Waals surface area contributed by atoms with Gasteiger partial charge < -0.3 is 5.32 Å². The Morgan fingerprint density at radius 3 is 2.92 bits per heavy atom. The molecule has 5 rings (SSSR count). The van der Waals surface area contributed by atoms with Crippen LogP contribution in [0.25, 0.3) is 22.2 Å². The molecule has 0 radical (unpaired) electrons. The van der Waals surface area contributed by atoms with Crippen molar-refractivity contribution in [3.05, 3.63) is 36.8 Å². The zero-order valence-corrected chi connectivity index (χ0v) is 14.2. The SMILES string of the molecule is O=C1[C@H]2CNCCN2CCN1c1ccc(-c2ccnc3[nH]ncc23)cn1. The van der Waals surface area contributed by atoms with Gasteiger partial charge in [-0.3, -0.25) is 19.7 Å². The van der Waals surface area contributed by atoms with Crippen molar-refractivity contribution < 1.29 is 4.79 Å². The number of aromatic nitrogens is 4. The molecule has 0 spiro atoms. The molecule has 0 saturated carbocycles. The number of hydrogen-bond acceptors (Lipinski definition) is 6. The molecule has 2 fully saturated rings. The highest BCUT2D eigenvalue weighted by Crippen LogP contribution is 2.27. The summed E-state index contributed by atoms with van der Waals surface area (Å²) in [5.41, 5.74) is 2.76. The number of H-pyrrole nitrogens is 1. The third-order valence-corrected chi connectivity index (χ3v) is 5.21. The summed E-state index contributed by atoms with van der Waals surface area (Å²) < 4.78 is 0. The van der Waals surface area contributed by atoms with Crippen molar-refractivity contribution in [3.8, 4) is 11.1 Å². The lowest BCUT2D eigenvalue weighted by Crippen LogP contribution is -2.64. The lowest BCUT2D eigenvalue weighted by Gasteiger charge is -2.42. The molecule has 8 nitrogen and oxygen atoms in total. The summed E-state index contributed by atoms with van der Waals surface area (Å²) in [4.78, 5) is 25.7. The van der Waals surface area contributed by atoms with Crippen LogP contribution in [0.4, 0.5) is 5.82 Å². The number of hydrogen-bond donors (Lipinski definition) is 2. The topological polar surface area (TPSA) is 90.0 Å². The molecule has 0 unspecified atom stereocenters. The number of carbonyl (C=O) groups is 1. The van der Waals surface area contributed by atoms with Crippen molar-refractivity contribution in [3.63, 3.8) is 0 Å². The maximum atomic E-state index is 12.8. The van der Waals surface area contributed by atoms with E-state index in [4.69, 9.17) is 0 Å². The molecule has 0 aromatic carbocycles. The second kappa shape index (κ2) is 6.15. The highest BCUT2D eigenvalue weighted by Gasteiger charge is 2.37. The molecule has 2 aliphatic rings. The first kappa shape index (κ1) is 15.4. The van der Waals surface area contributed by atoms with Gasteiger partial charge in [0.15, 0.2) is 5.65 Å². The number of aromatic amines is 1. The largest absolute Gasteiger partial charge is 0.313 e. The second-order valence-corrected chi connectivity index (χ2v) is 6.64. The summed E-state index contributed by atoms with van der Waals surface area (Å²) in [6, 6.07) is 5.80. The van der Waals surface area contributed by atoms with Gasteiger partial charge in [-0.05, 0) is 23.8 Å². The van der Waals surface area contributed by atoms with E-state index in [0.29, 0.717) is 18.9 Å². The van der Waals surface area contributed by atoms with Crippen LogP contribution in [0.3, 0.4) is 0 Å². The fourth-order valence-corrected chi connectivity index (χ4v) is 3.81. The molecule has 132 valence electrons. The minimum Gasteiger partial charge on any atom is -0.313 e. The van der Waals surface area contributed by atoms with Crippen LogP contribution >= 0.6 is 0 Å². The van der Waals surface area contributed by atoms with Crippen LogP contribution < -0.4 is 10.2 Å². The summed E-state index contributed by atoms with van der Waals surface area (Å²) in [5.74, 6) is 0.839. The van der Waals surface area contributed by atoms with Gasteiger partial charge in [0.05, 0.1) is 6.20 Å². The van der Waals surface area contributed by atoms with Crippen LogP contribution in [0.5, 0.6) is 0 Å². The van der Waals surface area contributed by atoms with Crippen molar-refractivity contribution in [2.75, 3.05) is 37.6 Å². The molecular weight excluding hydrogens is 330 g/mol. The average Bonchev–Trinajstić information content (AvgIpc) is 3.18. The highest BCUT2D eigenvalue weighted by molar-refractivity contribution is 5.98. The van der Waals surface area contributed by atoms with E-state index in [1.807, 2.05) is 24.4 Å². The smallest absolute Gasteiger partial charge is 0.246 e. The lowest BCUT2D eigenvalue weighted by atomic mass is 10.1. The maximum Gasteiger partial charge on any atom is 0.246 e. The van der Waals surface area contributed by atoms with Crippen molar-refractivity contribution in [2.24, 2.45) is 0 Å². The number of rotatable bonds is 2. The predicted molar refractivity (Wildman–Crippen MR) is 97.7 cm³/mol. The summed E-state index contributed by atoms with van der Waals surface area (Å²) >= 11 is 0. The Hall–Kier alpha value is -2.84. The highest BCUT2D eigenvalue weighted by atomic mass is 16.2. The van der Waals surface area contributed by atoms with E-state index in [1.54, 1.807) is 17.3 Å². The Morgan fingerprint density at radius 2 is 2.04 bits per heavy atom. The van der Waals surface area contributed by atoms with E-state index in [-0.39, 0.29) is 11.9 Å². The van der Waals surface area contributed by atoms with E-state index in [2.05, 4.69) is 30.4 Å². The molecule has 3 aromatic heterocycles. The zero-order valence-electron chi connectivity index (χ0n) is 14.2. The van der Waals surface area contributed by atoms with E-state index in [1.165, 1.54) is 0 Å². The Kier molecular flexibility index (Phi) is 3.65. The number of anilines is 1. The predicted octanol–water partition coefficient (Wildman–Crippen LogP) is 0.640. The molecular formula is C18H19N7O. The van der Waals surface area contributed by atoms with Crippen LogP contribution in [0.1, 0.15) is 0 Å². The van der Waals surface area contributed by atoms with Crippen molar-refractivity contribution in [2.45, 2.75) is 6.04 Å². The van der Waals surface area contributed by atoms with E-state index in [9.17, 15) is 4.79 Å². The number of nitrogens with zero attached hydrogens (tertiary/aromatic N) is 5. The molecule has 2 N–H and O–H groups in total. The van der Waals surface area contributed by atoms with Crippen molar-refractivity contribution in [1.82, 2.24) is 30.4 Å². The molecule has 2 saturated heterocycles. The molecule has 26 heavy (non-hydrogen) atoms. The summed E-state index contributed by atoms with van der Waals surface area (Å²) in [7, 11) is 0. The summed E-state index contributed by atoms with van der Waals surface area (Å²) in [5, 5.41) is 11.2. The molecule has 3 aromatic rings. The van der Waals surface area contributed by atoms with Crippen LogP contribution in [-0.4, -0.2) is 69.7 Å². The van der Waals surface area contributed by atoms with Crippen molar-refractivity contribution in [1.29, 1.82) is 0 Å². The van der Waals surface area contributed by atoms with Gasteiger partial charge >= 0.3 is 0 Å². The van der Waals surface area contributed by atoms with E-state index < -0.39 is 0 Å². The number of pyridine rings is 2. The zero-order chi connectivity index (χ0) is 17.5. The van der Waals surface area contributed by atoms with Crippen molar-refractivity contribution >= 4 is 22.8 Å². The molecule has 2 aliphatic heterocycles. The minimum absolute atomic E-state index is 0.0790. The van der Waals surface area contributed by atoms with Gasteiger partial charge in [0.1, 0.15) is 11.9 Å². The van der Waals surface area contributed by atoms with Crippen LogP contribution in [0.15, 0.2) is 36.8 Å². The first-order valence-electron chi connectivity index (χ1n) is 8.82. The monoisotopic (exact) mass is 349 g/mol. The Labute approximate surface area is 150 Å². The normalized spacial score (nSPS) is 21.2. The van der Waals surface area contributed by atoms with Gasteiger partial charge in [-0.2, -0.15) is 5.10 Å². The molecule has 1 amide bonds. The average molecular weight is 349 g/mol.